The van der Waals surface area contributed by atoms with Gasteiger partial charge in [0.05, 0.1) is 24.4 Å². The van der Waals surface area contributed by atoms with Crippen LogP contribution in [-0.4, -0.2) is 63.4 Å². The summed E-state index contributed by atoms with van der Waals surface area (Å²) in [6.45, 7) is 10.8. The highest BCUT2D eigenvalue weighted by Crippen LogP contribution is 2.47. The van der Waals surface area contributed by atoms with Crippen LogP contribution in [0.1, 0.15) is 70.1 Å². The van der Waals surface area contributed by atoms with Gasteiger partial charge >= 0.3 is 6.18 Å². The Morgan fingerprint density at radius 1 is 1.04 bits per heavy atom. The molecular weight excluding hydrogens is 673 g/mol. The lowest BCUT2D eigenvalue weighted by molar-refractivity contribution is -0.265. The van der Waals surface area contributed by atoms with Gasteiger partial charge in [-0.2, -0.15) is 13.2 Å². The van der Waals surface area contributed by atoms with Crippen molar-refractivity contribution in [2.45, 2.75) is 76.1 Å². The molecule has 9 nitrogen and oxygen atoms in total. The van der Waals surface area contributed by atoms with Crippen molar-refractivity contribution in [2.75, 3.05) is 26.4 Å². The van der Waals surface area contributed by atoms with Crippen LogP contribution in [0.15, 0.2) is 48.5 Å². The average Bonchev–Trinajstić information content (AvgIpc) is 3.32. The molecule has 3 aromatic rings. The Bertz CT molecular complexity index is 1660. The SMILES string of the molecule is CC(C)(C)OCCOc1ccc(C(=O)NCC(O)(c2cc3c(c(-c4ccc(F)cc4)n2)OCC3(C)N[S+]([O-])C(C)(C)C)C(F)(F)F)cc1F. The molecule has 2 aromatic carbocycles. The lowest BCUT2D eigenvalue weighted by Gasteiger charge is -2.33. The van der Waals surface area contributed by atoms with E-state index in [9.17, 15) is 36.4 Å². The van der Waals surface area contributed by atoms with Crippen LogP contribution in [0, 0.1) is 11.6 Å². The van der Waals surface area contributed by atoms with E-state index in [0.29, 0.717) is 0 Å². The van der Waals surface area contributed by atoms with Gasteiger partial charge in [-0.1, -0.05) is 0 Å². The standard InChI is InChI=1S/C34H40F5N3O6S/c1-30(2,3)48-15-14-46-25-13-10-21(16-24(25)36)29(43)40-18-33(44,34(37,38)39)26-17-23-28(27(41-26)20-8-11-22(35)12-9-20)47-19-32(23,7)42-49(45)31(4,5)6/h8-13,16-17,42,44H,14-15,18-19H2,1-7H3,(H,40,43). The Morgan fingerprint density at radius 3 is 2.27 bits per heavy atom. The van der Waals surface area contributed by atoms with Gasteiger partial charge in [0, 0.05) is 28.1 Å². The topological polar surface area (TPSA) is 125 Å². The maximum absolute atomic E-state index is 14.8. The molecule has 1 aromatic heterocycles. The van der Waals surface area contributed by atoms with E-state index >= 15 is 0 Å². The summed E-state index contributed by atoms with van der Waals surface area (Å²) in [6.07, 6.45) is -5.39. The number of hydrogen-bond acceptors (Lipinski definition) is 8. The fraction of sp³-hybridized carbons (Fsp3) is 0.471. The molecule has 268 valence electrons. The fourth-order valence-corrected chi connectivity index (χ4v) is 5.63. The lowest BCUT2D eigenvalue weighted by atomic mass is 9.89. The third kappa shape index (κ3) is 8.81. The molecule has 49 heavy (non-hydrogen) atoms. The summed E-state index contributed by atoms with van der Waals surface area (Å²) in [5, 5.41) is 13.4. The van der Waals surface area contributed by atoms with Crippen LogP contribution in [0.3, 0.4) is 0 Å². The molecule has 0 saturated heterocycles. The van der Waals surface area contributed by atoms with Gasteiger partial charge in [-0.15, -0.1) is 4.72 Å². The number of alkyl halides is 3. The number of hydrogen-bond donors (Lipinski definition) is 3. The zero-order chi connectivity index (χ0) is 36.6. The van der Waals surface area contributed by atoms with Crippen molar-refractivity contribution in [3.8, 4) is 22.8 Å². The second kappa shape index (κ2) is 14.0. The first-order valence-electron chi connectivity index (χ1n) is 15.3. The molecule has 0 fully saturated rings. The summed E-state index contributed by atoms with van der Waals surface area (Å²) in [5.74, 6) is -2.79. The minimum Gasteiger partial charge on any atom is -0.598 e. The zero-order valence-corrected chi connectivity index (χ0v) is 29.0. The predicted molar refractivity (Wildman–Crippen MR) is 173 cm³/mol. The van der Waals surface area contributed by atoms with E-state index in [0.717, 1.165) is 36.4 Å². The molecule has 0 radical (unpaired) electrons. The number of aromatic nitrogens is 1. The number of amides is 1. The van der Waals surface area contributed by atoms with Crippen LogP contribution in [-0.2, 0) is 27.2 Å². The van der Waals surface area contributed by atoms with Crippen molar-refractivity contribution in [3.05, 3.63) is 77.0 Å². The van der Waals surface area contributed by atoms with Gasteiger partial charge in [-0.25, -0.2) is 13.8 Å². The molecule has 0 aliphatic carbocycles. The van der Waals surface area contributed by atoms with E-state index in [1.165, 1.54) is 12.1 Å². The molecule has 3 unspecified atom stereocenters. The smallest absolute Gasteiger partial charge is 0.424 e. The third-order valence-electron chi connectivity index (χ3n) is 7.53. The molecular formula is C34H40F5N3O6S. The van der Waals surface area contributed by atoms with Crippen molar-refractivity contribution in [1.82, 2.24) is 15.0 Å². The normalized spacial score (nSPS) is 18.3. The number of carbonyl (C=O) groups excluding carboxylic acids is 1. The number of nitrogens with zero attached hydrogens (tertiary/aromatic N) is 1. The fourth-order valence-electron chi connectivity index (χ4n) is 4.75. The van der Waals surface area contributed by atoms with Gasteiger partial charge in [0.1, 0.15) is 35.0 Å². The number of rotatable bonds is 11. The number of carbonyl (C=O) groups is 1. The van der Waals surface area contributed by atoms with E-state index in [1.54, 1.807) is 27.7 Å². The van der Waals surface area contributed by atoms with E-state index in [2.05, 4.69) is 9.71 Å². The largest absolute Gasteiger partial charge is 0.598 e. The first-order valence-corrected chi connectivity index (χ1v) is 16.5. The van der Waals surface area contributed by atoms with Gasteiger partial charge in [-0.3, -0.25) is 4.79 Å². The van der Waals surface area contributed by atoms with Crippen molar-refractivity contribution in [3.63, 3.8) is 0 Å². The molecule has 15 heteroatoms. The Morgan fingerprint density at radius 2 is 1.69 bits per heavy atom. The Hall–Kier alpha value is -3.50. The molecule has 0 bridgehead atoms. The van der Waals surface area contributed by atoms with Crippen LogP contribution in [0.5, 0.6) is 11.5 Å². The van der Waals surface area contributed by atoms with Gasteiger partial charge in [-0.05, 0) is 97.0 Å². The van der Waals surface area contributed by atoms with Crippen molar-refractivity contribution in [1.29, 1.82) is 0 Å². The van der Waals surface area contributed by atoms with Crippen LogP contribution in [0.2, 0.25) is 0 Å². The van der Waals surface area contributed by atoms with Crippen LogP contribution < -0.4 is 19.5 Å². The summed E-state index contributed by atoms with van der Waals surface area (Å²) < 4.78 is 105. The number of fused-ring (bicyclic) bond motifs is 1. The Labute approximate surface area is 284 Å². The second-order valence-electron chi connectivity index (χ2n) is 13.8. The van der Waals surface area contributed by atoms with Gasteiger partial charge in [0.25, 0.3) is 5.91 Å². The van der Waals surface area contributed by atoms with E-state index in [-0.39, 0.29) is 53.7 Å². The van der Waals surface area contributed by atoms with Gasteiger partial charge in [0.15, 0.2) is 17.3 Å². The molecule has 1 aliphatic heterocycles. The second-order valence-corrected chi connectivity index (χ2v) is 15.8. The Kier molecular flexibility index (Phi) is 11.0. The first kappa shape index (κ1) is 38.3. The molecule has 2 heterocycles. The van der Waals surface area contributed by atoms with Crippen LogP contribution >= 0.6 is 0 Å². The third-order valence-corrected chi connectivity index (χ3v) is 9.28. The first-order chi connectivity index (χ1) is 22.5. The highest BCUT2D eigenvalue weighted by Gasteiger charge is 2.57. The van der Waals surface area contributed by atoms with Crippen LogP contribution in [0.25, 0.3) is 11.3 Å². The van der Waals surface area contributed by atoms with Crippen molar-refractivity contribution in [2.24, 2.45) is 0 Å². The predicted octanol–water partition coefficient (Wildman–Crippen LogP) is 6.06. The minimum atomic E-state index is -5.39. The molecule has 1 aliphatic rings. The lowest BCUT2D eigenvalue weighted by Crippen LogP contribution is -2.52. The maximum Gasteiger partial charge on any atom is 0.424 e. The monoisotopic (exact) mass is 713 g/mol. The van der Waals surface area contributed by atoms with E-state index < -0.39 is 68.8 Å². The summed E-state index contributed by atoms with van der Waals surface area (Å²) in [4.78, 5) is 17.1. The molecule has 1 amide bonds. The summed E-state index contributed by atoms with van der Waals surface area (Å²) >= 11 is -1.70. The number of benzene rings is 2. The highest BCUT2D eigenvalue weighted by atomic mass is 32.2. The molecule has 3 atom stereocenters. The highest BCUT2D eigenvalue weighted by molar-refractivity contribution is 7.90. The number of nitrogens with one attached hydrogen (secondary N) is 2. The number of aliphatic hydroxyl groups is 1. The number of pyridine rings is 1. The zero-order valence-electron chi connectivity index (χ0n) is 28.2. The summed E-state index contributed by atoms with van der Waals surface area (Å²) in [5.41, 5.74) is -6.61. The molecule has 0 saturated carbocycles. The summed E-state index contributed by atoms with van der Waals surface area (Å²) in [7, 11) is 0. The molecule has 0 spiro atoms. The van der Waals surface area contributed by atoms with Crippen molar-refractivity contribution < 1.29 is 50.6 Å². The molecule has 3 N–H and O–H groups in total. The number of ether oxygens (including phenoxy) is 3. The summed E-state index contributed by atoms with van der Waals surface area (Å²) in [6, 6.07) is 8.84. The average molecular weight is 714 g/mol. The van der Waals surface area contributed by atoms with E-state index in [1.807, 2.05) is 26.1 Å². The van der Waals surface area contributed by atoms with E-state index in [4.69, 9.17) is 14.2 Å². The minimum absolute atomic E-state index is 0.0117. The Balaban J connectivity index is 1.68. The van der Waals surface area contributed by atoms with Gasteiger partial charge in [0.2, 0.25) is 5.60 Å². The maximum atomic E-state index is 14.8. The number of halogens is 5. The molecule has 4 rings (SSSR count). The van der Waals surface area contributed by atoms with Crippen LogP contribution in [0.4, 0.5) is 22.0 Å². The quantitative estimate of drug-likeness (QED) is 0.125. The van der Waals surface area contributed by atoms with Gasteiger partial charge < -0.3 is 29.2 Å². The van der Waals surface area contributed by atoms with Crippen molar-refractivity contribution >= 4 is 17.3 Å².